The average molecular weight is 263 g/mol. The lowest BCUT2D eigenvalue weighted by molar-refractivity contribution is 1.74. The molecule has 0 radical (unpaired) electrons. The largest absolute Gasteiger partial charge is 0.0843 e. The van der Waals surface area contributed by atoms with Gasteiger partial charge in [-0.15, -0.1) is 0 Å². The molecule has 0 aliphatic carbocycles. The maximum atomic E-state index is 6.13. The summed E-state index contributed by atoms with van der Waals surface area (Å²) < 4.78 is 0. The van der Waals surface area contributed by atoms with Crippen LogP contribution in [0.1, 0.15) is 5.56 Å². The van der Waals surface area contributed by atoms with E-state index in [1.807, 2.05) is 0 Å². The Kier molecular flexibility index (Phi) is 2.12. The van der Waals surface area contributed by atoms with E-state index in [0.29, 0.717) is 5.03 Å². The molecule has 0 aromatic heterocycles. The zero-order chi connectivity index (χ0) is 13.0. The normalized spacial score (nSPS) is 11.6. The number of hydrogen-bond donors (Lipinski definition) is 0. The van der Waals surface area contributed by atoms with Crippen molar-refractivity contribution in [3.63, 3.8) is 0 Å². The van der Waals surface area contributed by atoms with Gasteiger partial charge in [-0.05, 0) is 32.3 Å². The van der Waals surface area contributed by atoms with E-state index in [1.54, 1.807) is 0 Å². The zero-order valence-corrected chi connectivity index (χ0v) is 11.0. The Balaban J connectivity index is 2.38. The highest BCUT2D eigenvalue weighted by Gasteiger charge is 2.10. The molecule has 0 unspecified atom stereocenters. The van der Waals surface area contributed by atoms with Gasteiger partial charge in [0.25, 0.3) is 0 Å². The molecule has 0 saturated carbocycles. The summed E-state index contributed by atoms with van der Waals surface area (Å²) in [6, 6.07) is 19.2. The third-order valence-electron chi connectivity index (χ3n) is 3.82. The molecule has 0 N–H and O–H groups in total. The summed E-state index contributed by atoms with van der Waals surface area (Å²) in [7, 11) is 0. The maximum Gasteiger partial charge on any atom is 0.0412 e. The molecule has 90 valence electrons. The molecule has 0 saturated heterocycles. The molecule has 0 atom stereocenters. The fourth-order valence-electron chi connectivity index (χ4n) is 2.97. The van der Waals surface area contributed by atoms with Crippen molar-refractivity contribution >= 4 is 49.0 Å². The van der Waals surface area contributed by atoms with Gasteiger partial charge < -0.3 is 0 Å². The second-order valence-electron chi connectivity index (χ2n) is 4.87. The standard InChI is InChI=1S/C18H11Cl/c1-11(19)15-9-7-14-6-5-12-3-2-4-13-8-10-16(15)18(14)17(12)13/h2-10H,1H2. The van der Waals surface area contributed by atoms with Gasteiger partial charge in [-0.2, -0.15) is 0 Å². The third kappa shape index (κ3) is 1.41. The summed E-state index contributed by atoms with van der Waals surface area (Å²) in [5.74, 6) is 0. The van der Waals surface area contributed by atoms with Crippen LogP contribution in [-0.4, -0.2) is 0 Å². The summed E-state index contributed by atoms with van der Waals surface area (Å²) in [6.07, 6.45) is 0. The minimum Gasteiger partial charge on any atom is -0.0843 e. The van der Waals surface area contributed by atoms with Gasteiger partial charge in [-0.25, -0.2) is 0 Å². The van der Waals surface area contributed by atoms with Crippen molar-refractivity contribution in [2.24, 2.45) is 0 Å². The molecule has 0 nitrogen and oxygen atoms in total. The minimum atomic E-state index is 0.595. The molecular weight excluding hydrogens is 252 g/mol. The first-order valence-electron chi connectivity index (χ1n) is 6.27. The first kappa shape index (κ1) is 10.8. The fourth-order valence-corrected chi connectivity index (χ4v) is 3.14. The second-order valence-corrected chi connectivity index (χ2v) is 5.33. The Labute approximate surface area is 116 Å². The SMILES string of the molecule is C=C(Cl)c1ccc2ccc3cccc4ccc1c2c34. The number of hydrogen-bond acceptors (Lipinski definition) is 0. The van der Waals surface area contributed by atoms with Crippen LogP contribution in [0.2, 0.25) is 0 Å². The van der Waals surface area contributed by atoms with Crippen LogP contribution in [-0.2, 0) is 0 Å². The van der Waals surface area contributed by atoms with Crippen molar-refractivity contribution in [2.75, 3.05) is 0 Å². The average Bonchev–Trinajstić information content (AvgIpc) is 2.44. The monoisotopic (exact) mass is 262 g/mol. The van der Waals surface area contributed by atoms with Crippen LogP contribution in [0.4, 0.5) is 0 Å². The third-order valence-corrected chi connectivity index (χ3v) is 4.02. The quantitative estimate of drug-likeness (QED) is 0.381. The molecule has 4 rings (SSSR count). The lowest BCUT2D eigenvalue weighted by Crippen LogP contribution is -1.86. The molecular formula is C18H11Cl. The van der Waals surface area contributed by atoms with Gasteiger partial charge in [-0.1, -0.05) is 72.8 Å². The minimum absolute atomic E-state index is 0.595. The topological polar surface area (TPSA) is 0 Å². The molecule has 0 spiro atoms. The van der Waals surface area contributed by atoms with Gasteiger partial charge in [0, 0.05) is 10.6 Å². The predicted octanol–water partition coefficient (Wildman–Crippen LogP) is 5.79. The van der Waals surface area contributed by atoms with Gasteiger partial charge >= 0.3 is 0 Å². The first-order valence-corrected chi connectivity index (χ1v) is 6.65. The summed E-state index contributed by atoms with van der Waals surface area (Å²) in [5.41, 5.74) is 1.02. The smallest absolute Gasteiger partial charge is 0.0412 e. The van der Waals surface area contributed by atoms with Crippen LogP contribution in [0.3, 0.4) is 0 Å². The molecule has 0 amide bonds. The molecule has 4 aromatic carbocycles. The van der Waals surface area contributed by atoms with Crippen molar-refractivity contribution in [1.82, 2.24) is 0 Å². The van der Waals surface area contributed by atoms with E-state index in [-0.39, 0.29) is 0 Å². The Morgan fingerprint density at radius 2 is 1.32 bits per heavy atom. The van der Waals surface area contributed by atoms with Gasteiger partial charge in [0.15, 0.2) is 0 Å². The van der Waals surface area contributed by atoms with Crippen molar-refractivity contribution < 1.29 is 0 Å². The molecule has 0 bridgehead atoms. The lowest BCUT2D eigenvalue weighted by Gasteiger charge is -2.13. The molecule has 19 heavy (non-hydrogen) atoms. The van der Waals surface area contributed by atoms with Crippen molar-refractivity contribution in [3.05, 3.63) is 66.7 Å². The van der Waals surface area contributed by atoms with E-state index in [1.165, 1.54) is 32.3 Å². The van der Waals surface area contributed by atoms with E-state index in [0.717, 1.165) is 5.56 Å². The van der Waals surface area contributed by atoms with Gasteiger partial charge in [-0.3, -0.25) is 0 Å². The molecule has 0 fully saturated rings. The highest BCUT2D eigenvalue weighted by molar-refractivity contribution is 6.49. The van der Waals surface area contributed by atoms with E-state index in [9.17, 15) is 0 Å². The summed E-state index contributed by atoms with van der Waals surface area (Å²) in [5, 5.41) is 8.17. The number of benzene rings is 4. The first-order chi connectivity index (χ1) is 9.25. The lowest BCUT2D eigenvalue weighted by atomic mass is 9.92. The van der Waals surface area contributed by atoms with Gasteiger partial charge in [0.1, 0.15) is 0 Å². The highest BCUT2D eigenvalue weighted by Crippen LogP contribution is 2.37. The van der Waals surface area contributed by atoms with Crippen molar-refractivity contribution in [3.8, 4) is 0 Å². The van der Waals surface area contributed by atoms with Crippen LogP contribution in [0.25, 0.3) is 37.3 Å². The van der Waals surface area contributed by atoms with Crippen molar-refractivity contribution in [1.29, 1.82) is 0 Å². The Bertz CT molecular complexity index is 918. The Morgan fingerprint density at radius 1 is 0.737 bits per heavy atom. The summed E-state index contributed by atoms with van der Waals surface area (Å²) in [6.45, 7) is 3.87. The zero-order valence-electron chi connectivity index (χ0n) is 10.3. The van der Waals surface area contributed by atoms with Crippen LogP contribution >= 0.6 is 11.6 Å². The van der Waals surface area contributed by atoms with E-state index < -0.39 is 0 Å². The predicted molar refractivity (Wildman–Crippen MR) is 85.0 cm³/mol. The fraction of sp³-hybridized carbons (Fsp3) is 0. The molecule has 0 heterocycles. The van der Waals surface area contributed by atoms with Crippen LogP contribution in [0.15, 0.2) is 61.2 Å². The van der Waals surface area contributed by atoms with Crippen molar-refractivity contribution in [2.45, 2.75) is 0 Å². The molecule has 1 heteroatoms. The Morgan fingerprint density at radius 3 is 2.00 bits per heavy atom. The van der Waals surface area contributed by atoms with Gasteiger partial charge in [0.05, 0.1) is 0 Å². The molecule has 0 aliphatic heterocycles. The summed E-state index contributed by atoms with van der Waals surface area (Å²) >= 11 is 6.13. The van der Waals surface area contributed by atoms with Crippen LogP contribution < -0.4 is 0 Å². The number of rotatable bonds is 1. The maximum absolute atomic E-state index is 6.13. The van der Waals surface area contributed by atoms with Gasteiger partial charge in [0.2, 0.25) is 0 Å². The highest BCUT2D eigenvalue weighted by atomic mass is 35.5. The van der Waals surface area contributed by atoms with Crippen LogP contribution in [0.5, 0.6) is 0 Å². The Hall–Kier alpha value is -2.05. The molecule has 0 aliphatic rings. The second kappa shape index (κ2) is 3.72. The van der Waals surface area contributed by atoms with E-state index in [2.05, 4.69) is 61.2 Å². The van der Waals surface area contributed by atoms with E-state index >= 15 is 0 Å². The number of halogens is 1. The summed E-state index contributed by atoms with van der Waals surface area (Å²) in [4.78, 5) is 0. The van der Waals surface area contributed by atoms with E-state index in [4.69, 9.17) is 11.6 Å². The van der Waals surface area contributed by atoms with Crippen LogP contribution in [0, 0.1) is 0 Å². The molecule has 4 aromatic rings.